The summed E-state index contributed by atoms with van der Waals surface area (Å²) in [6.07, 6.45) is 4.51. The maximum absolute atomic E-state index is 10.2. The zero-order chi connectivity index (χ0) is 7.84. The molecule has 11 heavy (non-hydrogen) atoms. The highest BCUT2D eigenvalue weighted by Crippen LogP contribution is 2.46. The highest BCUT2D eigenvalue weighted by molar-refractivity contribution is 6.21. The number of carbonyl (C=O) groups is 1. The molecule has 2 aliphatic carbocycles. The van der Waals surface area contributed by atoms with Crippen molar-refractivity contribution in [2.45, 2.75) is 30.7 Å². The number of rotatable bonds is 2. The number of alkyl halides is 1. The first-order valence-corrected chi connectivity index (χ1v) is 4.60. The predicted molar refractivity (Wildman–Crippen MR) is 43.5 cm³/mol. The first-order valence-electron chi connectivity index (χ1n) is 4.16. The van der Waals surface area contributed by atoms with Crippen LogP contribution in [0.2, 0.25) is 0 Å². The fourth-order valence-electron chi connectivity index (χ4n) is 2.53. The van der Waals surface area contributed by atoms with E-state index in [1.807, 2.05) is 0 Å². The highest BCUT2D eigenvalue weighted by atomic mass is 35.5. The van der Waals surface area contributed by atoms with Gasteiger partial charge in [-0.1, -0.05) is 0 Å². The fraction of sp³-hybridized carbons (Fsp3) is 0.875. The number of amides is 1. The van der Waals surface area contributed by atoms with Crippen LogP contribution in [0.3, 0.4) is 0 Å². The van der Waals surface area contributed by atoms with E-state index in [1.165, 1.54) is 19.3 Å². The molecule has 2 aliphatic rings. The Balaban J connectivity index is 2.05. The summed E-state index contributed by atoms with van der Waals surface area (Å²) in [6, 6.07) is 0.257. The van der Waals surface area contributed by atoms with Crippen LogP contribution in [0, 0.1) is 11.8 Å². The fourth-order valence-corrected chi connectivity index (χ4v) is 3.04. The summed E-state index contributed by atoms with van der Waals surface area (Å²) in [7, 11) is 0. The van der Waals surface area contributed by atoms with E-state index >= 15 is 0 Å². The third kappa shape index (κ3) is 1.04. The molecule has 0 aromatic rings. The van der Waals surface area contributed by atoms with Gasteiger partial charge in [0.1, 0.15) is 0 Å². The molecule has 62 valence electrons. The van der Waals surface area contributed by atoms with Crippen molar-refractivity contribution in [3.05, 3.63) is 0 Å². The summed E-state index contributed by atoms with van der Waals surface area (Å²) in [5.74, 6) is 1.33. The van der Waals surface area contributed by atoms with Crippen molar-refractivity contribution in [2.75, 3.05) is 0 Å². The standard InChI is InChI=1S/C8H12ClNO/c9-7-5-1-2-6(3-5)8(7)10-4-11/h4-8H,1-3H2,(H,10,11). The third-order valence-electron chi connectivity index (χ3n) is 3.08. The van der Waals surface area contributed by atoms with E-state index in [0.29, 0.717) is 11.8 Å². The molecular weight excluding hydrogens is 162 g/mol. The Labute approximate surface area is 71.3 Å². The van der Waals surface area contributed by atoms with E-state index in [2.05, 4.69) is 5.32 Å². The minimum Gasteiger partial charge on any atom is -0.354 e. The number of hydrogen-bond donors (Lipinski definition) is 1. The summed E-state index contributed by atoms with van der Waals surface area (Å²) < 4.78 is 0. The van der Waals surface area contributed by atoms with Crippen molar-refractivity contribution in [3.63, 3.8) is 0 Å². The average Bonchev–Trinajstić information content (AvgIpc) is 2.54. The van der Waals surface area contributed by atoms with Crippen LogP contribution < -0.4 is 5.32 Å². The molecular formula is C8H12ClNO. The van der Waals surface area contributed by atoms with Gasteiger partial charge in [0.2, 0.25) is 6.41 Å². The van der Waals surface area contributed by atoms with E-state index in [0.717, 1.165) is 6.41 Å². The first kappa shape index (κ1) is 7.41. The summed E-state index contributed by atoms with van der Waals surface area (Å²) in [5, 5.41) is 3.01. The van der Waals surface area contributed by atoms with Crippen LogP contribution in [-0.2, 0) is 4.79 Å². The van der Waals surface area contributed by atoms with Gasteiger partial charge in [-0.3, -0.25) is 4.79 Å². The monoisotopic (exact) mass is 173 g/mol. The number of halogens is 1. The van der Waals surface area contributed by atoms with Gasteiger partial charge in [0.25, 0.3) is 0 Å². The lowest BCUT2D eigenvalue weighted by atomic mass is 9.95. The Morgan fingerprint density at radius 2 is 2.09 bits per heavy atom. The number of hydrogen-bond acceptors (Lipinski definition) is 1. The van der Waals surface area contributed by atoms with E-state index in [4.69, 9.17) is 11.6 Å². The third-order valence-corrected chi connectivity index (χ3v) is 3.70. The second-order valence-corrected chi connectivity index (χ2v) is 4.09. The molecule has 0 radical (unpaired) electrons. The average molecular weight is 174 g/mol. The molecule has 1 N–H and O–H groups in total. The molecule has 2 rings (SSSR count). The molecule has 0 aromatic heterocycles. The van der Waals surface area contributed by atoms with Crippen molar-refractivity contribution in [3.8, 4) is 0 Å². The summed E-state index contributed by atoms with van der Waals surface area (Å²) in [6.45, 7) is 0. The lowest BCUT2D eigenvalue weighted by molar-refractivity contribution is -0.110. The summed E-state index contributed by atoms with van der Waals surface area (Å²) in [5.41, 5.74) is 0. The Morgan fingerprint density at radius 3 is 2.64 bits per heavy atom. The topological polar surface area (TPSA) is 29.1 Å². The molecule has 1 amide bonds. The quantitative estimate of drug-likeness (QED) is 0.493. The van der Waals surface area contributed by atoms with Crippen LogP contribution in [-0.4, -0.2) is 17.8 Å². The van der Waals surface area contributed by atoms with Crippen molar-refractivity contribution in [2.24, 2.45) is 11.8 Å². The molecule has 0 aliphatic heterocycles. The van der Waals surface area contributed by atoms with Gasteiger partial charge >= 0.3 is 0 Å². The van der Waals surface area contributed by atoms with Crippen molar-refractivity contribution >= 4 is 18.0 Å². The summed E-state index contributed by atoms with van der Waals surface area (Å²) >= 11 is 6.13. The highest BCUT2D eigenvalue weighted by Gasteiger charge is 2.46. The molecule has 3 heteroatoms. The molecule has 2 bridgehead atoms. The molecule has 2 saturated carbocycles. The maximum Gasteiger partial charge on any atom is 0.207 e. The maximum atomic E-state index is 10.2. The summed E-state index contributed by atoms with van der Waals surface area (Å²) in [4.78, 5) is 10.2. The molecule has 0 saturated heterocycles. The van der Waals surface area contributed by atoms with Gasteiger partial charge in [-0.2, -0.15) is 0 Å². The van der Waals surface area contributed by atoms with Gasteiger partial charge in [0.15, 0.2) is 0 Å². The number of fused-ring (bicyclic) bond motifs is 2. The second-order valence-electron chi connectivity index (χ2n) is 3.59. The van der Waals surface area contributed by atoms with Crippen LogP contribution in [0.25, 0.3) is 0 Å². The zero-order valence-corrected chi connectivity index (χ0v) is 7.05. The Bertz CT molecular complexity index is 171. The van der Waals surface area contributed by atoms with Gasteiger partial charge in [-0.15, -0.1) is 11.6 Å². The van der Waals surface area contributed by atoms with Crippen molar-refractivity contribution < 1.29 is 4.79 Å². The van der Waals surface area contributed by atoms with Crippen LogP contribution in [0.4, 0.5) is 0 Å². The van der Waals surface area contributed by atoms with E-state index in [-0.39, 0.29) is 11.4 Å². The second kappa shape index (κ2) is 2.67. The molecule has 0 heterocycles. The molecule has 4 unspecified atom stereocenters. The predicted octanol–water partition coefficient (Wildman–Crippen LogP) is 1.14. The molecule has 4 atom stereocenters. The van der Waals surface area contributed by atoms with E-state index in [1.54, 1.807) is 0 Å². The van der Waals surface area contributed by atoms with Crippen LogP contribution >= 0.6 is 11.6 Å². The van der Waals surface area contributed by atoms with Crippen LogP contribution in [0.15, 0.2) is 0 Å². The van der Waals surface area contributed by atoms with Crippen LogP contribution in [0.1, 0.15) is 19.3 Å². The Hall–Kier alpha value is -0.240. The van der Waals surface area contributed by atoms with Gasteiger partial charge in [0.05, 0.1) is 5.38 Å². The van der Waals surface area contributed by atoms with Gasteiger partial charge in [-0.05, 0) is 31.1 Å². The lowest BCUT2D eigenvalue weighted by Gasteiger charge is -2.25. The minimum absolute atomic E-state index is 0.193. The first-order chi connectivity index (χ1) is 5.33. The van der Waals surface area contributed by atoms with Crippen molar-refractivity contribution in [1.82, 2.24) is 5.32 Å². The molecule has 0 spiro atoms. The van der Waals surface area contributed by atoms with Crippen molar-refractivity contribution in [1.29, 1.82) is 0 Å². The van der Waals surface area contributed by atoms with E-state index in [9.17, 15) is 4.79 Å². The largest absolute Gasteiger partial charge is 0.354 e. The van der Waals surface area contributed by atoms with Gasteiger partial charge in [-0.25, -0.2) is 0 Å². The molecule has 2 fully saturated rings. The van der Waals surface area contributed by atoms with Gasteiger partial charge in [0, 0.05) is 6.04 Å². The Morgan fingerprint density at radius 1 is 1.36 bits per heavy atom. The SMILES string of the molecule is O=CNC1C2CCC(C2)C1Cl. The molecule has 2 nitrogen and oxygen atoms in total. The zero-order valence-electron chi connectivity index (χ0n) is 6.29. The van der Waals surface area contributed by atoms with Gasteiger partial charge < -0.3 is 5.32 Å². The minimum atomic E-state index is 0.193. The normalized spacial score (nSPS) is 47.7. The Kier molecular flexibility index (Phi) is 1.80. The van der Waals surface area contributed by atoms with E-state index < -0.39 is 0 Å². The molecule has 0 aromatic carbocycles. The number of nitrogens with one attached hydrogen (secondary N) is 1. The van der Waals surface area contributed by atoms with Crippen LogP contribution in [0.5, 0.6) is 0 Å². The smallest absolute Gasteiger partial charge is 0.207 e. The lowest BCUT2D eigenvalue weighted by Crippen LogP contribution is -2.40. The number of carbonyl (C=O) groups excluding carboxylic acids is 1.